The van der Waals surface area contributed by atoms with E-state index >= 15 is 0 Å². The van der Waals surface area contributed by atoms with E-state index in [2.05, 4.69) is 20.1 Å². The second-order valence-corrected chi connectivity index (χ2v) is 8.96. The van der Waals surface area contributed by atoms with E-state index in [9.17, 15) is 24.2 Å². The van der Waals surface area contributed by atoms with E-state index in [0.29, 0.717) is 12.8 Å². The molecular formula is C9H12BrF5O2S5. The van der Waals surface area contributed by atoms with Crippen LogP contribution in [0.5, 0.6) is 0 Å². The molecule has 0 N–H and O–H groups in total. The highest BCUT2D eigenvalue weighted by molar-refractivity contribution is 9.06. The first-order valence-corrected chi connectivity index (χ1v) is 10.0. The van der Waals surface area contributed by atoms with Crippen LogP contribution in [0, 0.1) is 0 Å². The topological polar surface area (TPSA) is 26.3 Å². The van der Waals surface area contributed by atoms with Crippen molar-refractivity contribution in [2.45, 2.75) is 46.0 Å². The van der Waals surface area contributed by atoms with Gasteiger partial charge in [0, 0.05) is 0 Å². The largest absolute Gasteiger partial charge is 0.383 e. The fourth-order valence-corrected chi connectivity index (χ4v) is 5.55. The Labute approximate surface area is 156 Å². The number of halogens is 6. The zero-order chi connectivity index (χ0) is 17.2. The van der Waals surface area contributed by atoms with E-state index in [1.165, 1.54) is 0 Å². The third-order valence-electron chi connectivity index (χ3n) is 2.82. The Morgan fingerprint density at radius 1 is 1.14 bits per heavy atom. The van der Waals surface area contributed by atoms with Gasteiger partial charge in [-0.1, -0.05) is 19.8 Å². The van der Waals surface area contributed by atoms with Crippen molar-refractivity contribution < 1.29 is 28.1 Å². The van der Waals surface area contributed by atoms with Crippen LogP contribution in [-0.2, 0) is 8.62 Å². The first-order valence-electron chi connectivity index (χ1n) is 5.75. The Morgan fingerprint density at radius 2 is 1.68 bits per heavy atom. The van der Waals surface area contributed by atoms with E-state index in [1.54, 1.807) is 6.92 Å². The summed E-state index contributed by atoms with van der Waals surface area (Å²) >= 11 is -0.947. The van der Waals surface area contributed by atoms with Crippen molar-refractivity contribution in [2.75, 3.05) is 0 Å². The molecule has 1 atom stereocenters. The number of carbonyl (C=O) groups excluding carboxylic acids is 1. The summed E-state index contributed by atoms with van der Waals surface area (Å²) in [4.78, 5) is 11.4. The fourth-order valence-electron chi connectivity index (χ4n) is 1.67. The van der Waals surface area contributed by atoms with Crippen LogP contribution in [0.4, 0.5) is 19.4 Å². The maximum Gasteiger partial charge on any atom is 0.319 e. The summed E-state index contributed by atoms with van der Waals surface area (Å²) in [6.07, 6.45) is -0.0182. The van der Waals surface area contributed by atoms with Crippen LogP contribution < -0.4 is 0 Å². The summed E-state index contributed by atoms with van der Waals surface area (Å²) < 4.78 is 66.3. The maximum atomic E-state index is 13.6. The summed E-state index contributed by atoms with van der Waals surface area (Å²) in [6.45, 7) is 1.77. The quantitative estimate of drug-likeness (QED) is 0.211. The molecule has 2 nitrogen and oxygen atoms in total. The minimum absolute atomic E-state index is 0.0161. The van der Waals surface area contributed by atoms with Crippen LogP contribution in [0.1, 0.15) is 32.6 Å². The summed E-state index contributed by atoms with van der Waals surface area (Å²) in [5, 5.41) is -1.41. The van der Waals surface area contributed by atoms with Crippen molar-refractivity contribution in [1.82, 2.24) is 0 Å². The van der Waals surface area contributed by atoms with Gasteiger partial charge in [-0.05, 0) is 6.42 Å². The molecule has 0 fully saturated rings. The lowest BCUT2D eigenvalue weighted by molar-refractivity contribution is -0.132. The number of carbonyl (C=O) groups is 1. The van der Waals surface area contributed by atoms with E-state index in [-0.39, 0.29) is 18.6 Å². The summed E-state index contributed by atoms with van der Waals surface area (Å²) in [5.74, 6) is -1.14. The SMILES string of the molecule is CCCCC(SF)C(SF)(SF)C(CC(=O)OBr)(SF)SF. The molecule has 0 aliphatic carbocycles. The average Bonchev–Trinajstić information content (AvgIpc) is 2.56. The summed E-state index contributed by atoms with van der Waals surface area (Å²) in [7, 11) is 0. The Balaban J connectivity index is 5.81. The number of hydrogen-bond donors (Lipinski definition) is 0. The Hall–Kier alpha value is 1.35. The van der Waals surface area contributed by atoms with Crippen LogP contribution in [0.3, 0.4) is 0 Å². The first kappa shape index (κ1) is 23.4. The van der Waals surface area contributed by atoms with Gasteiger partial charge in [-0.3, -0.25) is 4.79 Å². The predicted octanol–water partition coefficient (Wildman–Crippen LogP) is 7.27. The Morgan fingerprint density at radius 3 is 2.00 bits per heavy atom. The third-order valence-corrected chi connectivity index (χ3v) is 8.72. The molecule has 0 saturated carbocycles. The van der Waals surface area contributed by atoms with Crippen molar-refractivity contribution in [3.05, 3.63) is 0 Å². The highest BCUT2D eigenvalue weighted by Gasteiger charge is 2.64. The van der Waals surface area contributed by atoms with Gasteiger partial charge in [-0.2, -0.15) is 19.4 Å². The maximum absolute atomic E-state index is 13.6. The van der Waals surface area contributed by atoms with Crippen molar-refractivity contribution in [3.63, 3.8) is 0 Å². The summed E-state index contributed by atoms with van der Waals surface area (Å²) in [6, 6.07) is 0. The van der Waals surface area contributed by atoms with E-state index in [0.717, 1.165) is 0 Å². The predicted molar refractivity (Wildman–Crippen MR) is 91.9 cm³/mol. The first-order chi connectivity index (χ1) is 10.5. The molecule has 0 heterocycles. The molecule has 0 aliphatic rings. The van der Waals surface area contributed by atoms with Crippen molar-refractivity contribution in [2.24, 2.45) is 0 Å². The van der Waals surface area contributed by atoms with Gasteiger partial charge < -0.3 is 3.83 Å². The van der Waals surface area contributed by atoms with Gasteiger partial charge in [-0.15, -0.1) is 0 Å². The van der Waals surface area contributed by atoms with Crippen LogP contribution in [0.2, 0.25) is 0 Å². The molecule has 0 amide bonds. The molecule has 0 spiro atoms. The second kappa shape index (κ2) is 11.8. The fraction of sp³-hybridized carbons (Fsp3) is 0.889. The molecule has 0 aromatic rings. The minimum atomic E-state index is -2.55. The highest BCUT2D eigenvalue weighted by Crippen LogP contribution is 2.65. The molecule has 0 aromatic carbocycles. The van der Waals surface area contributed by atoms with Crippen molar-refractivity contribution in [1.29, 1.82) is 0 Å². The Bertz CT molecular complexity index is 336. The lowest BCUT2D eigenvalue weighted by atomic mass is 10.1. The molecule has 0 rings (SSSR count). The lowest BCUT2D eigenvalue weighted by Gasteiger charge is -2.42. The molecule has 0 bridgehead atoms. The number of rotatable bonds is 12. The highest BCUT2D eigenvalue weighted by atomic mass is 79.9. The standard InChI is InChI=1S/C9H12BrF5O2S5/c1-2-3-4-6(18-11)9(21-14,22-15)8(19-12,20-13)5-7(16)17-10/h6H,2-5H2,1H3. The van der Waals surface area contributed by atoms with Gasteiger partial charge in [-0.25, -0.2) is 0 Å². The second-order valence-electron chi connectivity index (χ2n) is 4.07. The van der Waals surface area contributed by atoms with Gasteiger partial charge in [0.15, 0.2) is 24.4 Å². The number of hydrogen-bond acceptors (Lipinski definition) is 7. The average molecular weight is 487 g/mol. The van der Waals surface area contributed by atoms with E-state index in [1.807, 2.05) is 0 Å². The smallest absolute Gasteiger partial charge is 0.319 e. The molecule has 0 aliphatic heterocycles. The van der Waals surface area contributed by atoms with Gasteiger partial charge in [0.05, 0.1) is 72.4 Å². The van der Waals surface area contributed by atoms with E-state index in [4.69, 9.17) is 0 Å². The normalized spacial score (nSPS) is 14.0. The Kier molecular flexibility index (Phi) is 12.6. The van der Waals surface area contributed by atoms with Gasteiger partial charge in [0.1, 0.15) is 0 Å². The zero-order valence-electron chi connectivity index (χ0n) is 11.0. The van der Waals surface area contributed by atoms with Crippen LogP contribution in [-0.4, -0.2) is 19.4 Å². The lowest BCUT2D eigenvalue weighted by Crippen LogP contribution is -2.50. The molecule has 0 saturated heterocycles. The molecular weight excluding hydrogens is 475 g/mol. The van der Waals surface area contributed by atoms with Crippen LogP contribution in [0.25, 0.3) is 0 Å². The van der Waals surface area contributed by atoms with Gasteiger partial charge >= 0.3 is 5.97 Å². The van der Waals surface area contributed by atoms with Gasteiger partial charge in [0.25, 0.3) is 0 Å². The van der Waals surface area contributed by atoms with E-state index < -0.39 is 74.4 Å². The molecule has 1 unspecified atom stereocenters. The molecule has 132 valence electrons. The van der Waals surface area contributed by atoms with Crippen molar-refractivity contribution >= 4 is 83.0 Å². The molecule has 0 aromatic heterocycles. The molecule has 13 heteroatoms. The third kappa shape index (κ3) is 5.17. The van der Waals surface area contributed by atoms with Crippen LogP contribution in [0.15, 0.2) is 0 Å². The zero-order valence-corrected chi connectivity index (χ0v) is 16.7. The summed E-state index contributed by atoms with van der Waals surface area (Å²) in [5.41, 5.74) is 0. The monoisotopic (exact) mass is 486 g/mol. The molecule has 0 radical (unpaired) electrons. The number of unbranched alkanes of at least 4 members (excludes halogenated alkanes) is 1. The molecule has 22 heavy (non-hydrogen) atoms. The van der Waals surface area contributed by atoms with Crippen LogP contribution >= 0.6 is 77.0 Å². The van der Waals surface area contributed by atoms with Crippen molar-refractivity contribution in [3.8, 4) is 0 Å². The minimum Gasteiger partial charge on any atom is -0.383 e. The van der Waals surface area contributed by atoms with Gasteiger partial charge in [0.2, 0.25) is 0 Å².